The highest BCUT2D eigenvalue weighted by Gasteiger charge is 2.44. The molecule has 0 radical (unpaired) electrons. The minimum atomic E-state index is -4.57. The van der Waals surface area contributed by atoms with Gasteiger partial charge in [0.25, 0.3) is 10.0 Å². The van der Waals surface area contributed by atoms with Crippen molar-refractivity contribution in [3.05, 3.63) is 58.6 Å². The number of carbonyl (C=O) groups is 1. The highest BCUT2D eigenvalue weighted by Crippen LogP contribution is 2.33. The van der Waals surface area contributed by atoms with Crippen molar-refractivity contribution in [3.8, 4) is 11.3 Å². The van der Waals surface area contributed by atoms with Crippen LogP contribution in [0.5, 0.6) is 0 Å². The van der Waals surface area contributed by atoms with Gasteiger partial charge in [-0.25, -0.2) is 22.8 Å². The molecule has 4 heterocycles. The summed E-state index contributed by atoms with van der Waals surface area (Å²) in [4.78, 5) is 24.2. The third kappa shape index (κ3) is 5.60. The molecule has 4 rings (SSSR count). The molecule has 1 aliphatic heterocycles. The molecule has 8 nitrogen and oxygen atoms in total. The number of amides is 1. The molecule has 0 saturated carbocycles. The molecule has 1 fully saturated rings. The van der Waals surface area contributed by atoms with E-state index >= 15 is 0 Å². The molecule has 35 heavy (non-hydrogen) atoms. The summed E-state index contributed by atoms with van der Waals surface area (Å²) in [5, 5.41) is 2.54. The molecule has 2 atom stereocenters. The Morgan fingerprint density at radius 1 is 1.20 bits per heavy atom. The maximum absolute atomic E-state index is 14.1. The molecule has 0 bridgehead atoms. The van der Waals surface area contributed by atoms with E-state index in [4.69, 9.17) is 11.6 Å². The lowest BCUT2D eigenvalue weighted by Gasteiger charge is -2.22. The lowest BCUT2D eigenvalue weighted by molar-refractivity contribution is -0.141. The molecule has 15 heteroatoms. The van der Waals surface area contributed by atoms with E-state index in [2.05, 4.69) is 20.3 Å². The van der Waals surface area contributed by atoms with E-state index in [1.54, 1.807) is 0 Å². The van der Waals surface area contributed by atoms with Crippen LogP contribution in [-0.4, -0.2) is 52.3 Å². The molecule has 0 spiro atoms. The molecule has 0 aromatic carbocycles. The van der Waals surface area contributed by atoms with Crippen molar-refractivity contribution < 1.29 is 30.8 Å². The number of hydrogen-bond acceptors (Lipinski definition) is 7. The van der Waals surface area contributed by atoms with Gasteiger partial charge in [0.05, 0.1) is 22.3 Å². The second kappa shape index (κ2) is 9.76. The predicted octanol–water partition coefficient (Wildman–Crippen LogP) is 3.69. The van der Waals surface area contributed by atoms with Crippen molar-refractivity contribution in [2.75, 3.05) is 6.54 Å². The van der Waals surface area contributed by atoms with Gasteiger partial charge in [-0.05, 0) is 30.3 Å². The van der Waals surface area contributed by atoms with Crippen LogP contribution in [0.15, 0.2) is 47.1 Å². The Hall–Kier alpha value is -2.68. The number of halogens is 5. The molecule has 3 aromatic heterocycles. The average molecular weight is 550 g/mol. The number of alkyl halides is 4. The van der Waals surface area contributed by atoms with E-state index in [0.29, 0.717) is 11.3 Å². The van der Waals surface area contributed by atoms with Crippen LogP contribution in [0.1, 0.15) is 17.8 Å². The lowest BCUT2D eigenvalue weighted by atomic mass is 10.1. The molecule has 1 N–H and O–H groups in total. The van der Waals surface area contributed by atoms with Crippen LogP contribution in [0, 0.1) is 0 Å². The molecule has 186 valence electrons. The number of thiophene rings is 1. The van der Waals surface area contributed by atoms with Gasteiger partial charge in [0.15, 0.2) is 0 Å². The number of hydrogen-bond donors (Lipinski definition) is 1. The van der Waals surface area contributed by atoms with E-state index in [1.165, 1.54) is 30.6 Å². The first-order valence-electron chi connectivity index (χ1n) is 9.98. The second-order valence-electron chi connectivity index (χ2n) is 7.52. The van der Waals surface area contributed by atoms with Crippen molar-refractivity contribution in [1.82, 2.24) is 24.6 Å². The summed E-state index contributed by atoms with van der Waals surface area (Å²) in [5.74, 6) is -0.715. The van der Waals surface area contributed by atoms with Crippen molar-refractivity contribution in [3.63, 3.8) is 0 Å². The number of nitrogens with one attached hydrogen (secondary N) is 1. The van der Waals surface area contributed by atoms with Gasteiger partial charge in [-0.3, -0.25) is 9.78 Å². The minimum absolute atomic E-state index is 0.0972. The second-order valence-corrected chi connectivity index (χ2v) is 11.4. The maximum atomic E-state index is 14.1. The SMILES string of the molecule is O=C(NCc1cc(-c2ccc(C(F)(F)F)nc2)ncn1)C1CC(F)CN1S(=O)(=O)c1ccc(Cl)s1. The third-order valence-electron chi connectivity index (χ3n) is 5.14. The molecule has 0 aliphatic carbocycles. The van der Waals surface area contributed by atoms with Gasteiger partial charge in [0.1, 0.15) is 28.4 Å². The standard InChI is InChI=1S/C20H16ClF4N5O3S2/c21-17-3-4-18(34-17)35(32,33)30-9-12(22)5-15(30)19(31)27-8-13-6-14(29-10-28-13)11-1-2-16(26-7-11)20(23,24)25/h1-4,6-7,10,12,15H,5,8-9H2,(H,27,31). The predicted molar refractivity (Wildman–Crippen MR) is 119 cm³/mol. The van der Waals surface area contributed by atoms with E-state index in [1.807, 2.05) is 0 Å². The number of sulfonamides is 1. The normalized spacial score (nSPS) is 19.1. The molecule has 2 unspecified atom stereocenters. The highest BCUT2D eigenvalue weighted by molar-refractivity contribution is 7.91. The summed E-state index contributed by atoms with van der Waals surface area (Å²) in [6.45, 7) is -0.608. The minimum Gasteiger partial charge on any atom is -0.349 e. The fourth-order valence-electron chi connectivity index (χ4n) is 3.47. The van der Waals surface area contributed by atoms with Gasteiger partial charge < -0.3 is 5.32 Å². The Morgan fingerprint density at radius 3 is 2.60 bits per heavy atom. The fourth-order valence-corrected chi connectivity index (χ4v) is 6.71. The molecular formula is C20H16ClF4N5O3S2. The van der Waals surface area contributed by atoms with Crippen LogP contribution in [0.25, 0.3) is 11.3 Å². The van der Waals surface area contributed by atoms with Gasteiger partial charge >= 0.3 is 6.18 Å². The first-order chi connectivity index (χ1) is 16.4. The first-order valence-corrected chi connectivity index (χ1v) is 12.6. The topological polar surface area (TPSA) is 105 Å². The molecular weight excluding hydrogens is 534 g/mol. The Balaban J connectivity index is 1.46. The summed E-state index contributed by atoms with van der Waals surface area (Å²) in [6, 6.07) is 4.90. The van der Waals surface area contributed by atoms with E-state index in [9.17, 15) is 30.8 Å². The smallest absolute Gasteiger partial charge is 0.349 e. The van der Waals surface area contributed by atoms with Crippen molar-refractivity contribution >= 4 is 38.9 Å². The largest absolute Gasteiger partial charge is 0.433 e. The van der Waals surface area contributed by atoms with Gasteiger partial charge in [0, 0.05) is 24.7 Å². The molecule has 1 amide bonds. The number of nitrogens with zero attached hydrogens (tertiary/aromatic N) is 4. The maximum Gasteiger partial charge on any atom is 0.433 e. The fraction of sp³-hybridized carbons (Fsp3) is 0.300. The Morgan fingerprint density at radius 2 is 1.97 bits per heavy atom. The summed E-state index contributed by atoms with van der Waals surface area (Å²) >= 11 is 6.62. The van der Waals surface area contributed by atoms with Gasteiger partial charge in [-0.2, -0.15) is 17.5 Å². The highest BCUT2D eigenvalue weighted by atomic mass is 35.5. The quantitative estimate of drug-likeness (QED) is 0.470. The van der Waals surface area contributed by atoms with Crippen LogP contribution < -0.4 is 5.32 Å². The molecule has 3 aromatic rings. The Labute approximate surface area is 206 Å². The Kier molecular flexibility index (Phi) is 7.09. The number of pyridine rings is 1. The van der Waals surface area contributed by atoms with Crippen LogP contribution in [0.3, 0.4) is 0 Å². The zero-order chi connectivity index (χ0) is 25.4. The molecule has 1 aliphatic rings. The van der Waals surface area contributed by atoms with Crippen molar-refractivity contribution in [1.29, 1.82) is 0 Å². The van der Waals surface area contributed by atoms with Crippen LogP contribution >= 0.6 is 22.9 Å². The van der Waals surface area contributed by atoms with Crippen LogP contribution in [0.2, 0.25) is 4.34 Å². The Bertz CT molecular complexity index is 1340. The lowest BCUT2D eigenvalue weighted by Crippen LogP contribution is -2.45. The summed E-state index contributed by atoms with van der Waals surface area (Å²) in [7, 11) is -4.13. The van der Waals surface area contributed by atoms with Crippen LogP contribution in [0.4, 0.5) is 17.6 Å². The summed E-state index contributed by atoms with van der Waals surface area (Å²) in [5.41, 5.74) is -0.169. The van der Waals surface area contributed by atoms with Gasteiger partial charge in [0.2, 0.25) is 5.91 Å². The van der Waals surface area contributed by atoms with Crippen LogP contribution in [-0.2, 0) is 27.5 Å². The average Bonchev–Trinajstić information content (AvgIpc) is 3.44. The zero-order valence-corrected chi connectivity index (χ0v) is 19.9. The first kappa shape index (κ1) is 25.4. The number of aromatic nitrogens is 3. The zero-order valence-electron chi connectivity index (χ0n) is 17.5. The summed E-state index contributed by atoms with van der Waals surface area (Å²) in [6.07, 6.45) is -4.22. The van der Waals surface area contributed by atoms with Crippen molar-refractivity contribution in [2.45, 2.75) is 35.6 Å². The van der Waals surface area contributed by atoms with Gasteiger partial charge in [-0.15, -0.1) is 11.3 Å². The van der Waals surface area contributed by atoms with E-state index in [-0.39, 0.29) is 27.2 Å². The monoisotopic (exact) mass is 549 g/mol. The van der Waals surface area contributed by atoms with Gasteiger partial charge in [-0.1, -0.05) is 11.6 Å². The number of rotatable bonds is 6. The molecule has 1 saturated heterocycles. The number of carbonyl (C=O) groups excluding carboxylic acids is 1. The van der Waals surface area contributed by atoms with Crippen molar-refractivity contribution in [2.24, 2.45) is 0 Å². The third-order valence-corrected chi connectivity index (χ3v) is 8.71. The van der Waals surface area contributed by atoms with E-state index < -0.39 is 46.6 Å². The summed E-state index contributed by atoms with van der Waals surface area (Å²) < 4.78 is 79.0. The van der Waals surface area contributed by atoms with E-state index in [0.717, 1.165) is 27.9 Å².